The minimum Gasteiger partial charge on any atom is -0.448 e. The predicted octanol–water partition coefficient (Wildman–Crippen LogP) is 1.94. The van der Waals surface area contributed by atoms with E-state index in [1.54, 1.807) is 33.8 Å². The summed E-state index contributed by atoms with van der Waals surface area (Å²) in [7, 11) is 0. The largest absolute Gasteiger partial charge is 0.448 e. The van der Waals surface area contributed by atoms with Gasteiger partial charge in [-0.1, -0.05) is 18.2 Å². The van der Waals surface area contributed by atoms with Gasteiger partial charge < -0.3 is 24.8 Å². The van der Waals surface area contributed by atoms with Crippen LogP contribution in [0.5, 0.6) is 0 Å². The number of hydrogen-bond acceptors (Lipinski definition) is 7. The number of aliphatic hydroxyl groups is 3. The van der Waals surface area contributed by atoms with Gasteiger partial charge in [-0.15, -0.1) is 0 Å². The summed E-state index contributed by atoms with van der Waals surface area (Å²) in [5.74, 6) is -1.41. The first-order valence-corrected chi connectivity index (χ1v) is 8.54. The van der Waals surface area contributed by atoms with E-state index in [1.165, 1.54) is 13.0 Å². The molecule has 0 amide bonds. The molecule has 0 aliphatic heterocycles. The molecule has 0 saturated carbocycles. The minimum atomic E-state index is -1.18. The quantitative estimate of drug-likeness (QED) is 0.229. The smallest absolute Gasteiger partial charge is 0.338 e. The zero-order valence-electron chi connectivity index (χ0n) is 16.6. The number of hydrogen-bond donors (Lipinski definition) is 3. The molecule has 0 aromatic rings. The summed E-state index contributed by atoms with van der Waals surface area (Å²) in [6, 6.07) is 0. The topological polar surface area (TPSA) is 113 Å². The van der Waals surface area contributed by atoms with Gasteiger partial charge in [0.15, 0.2) is 6.10 Å². The number of aliphatic hydroxyl groups excluding tert-OH is 3. The average Bonchev–Trinajstić information content (AvgIpc) is 2.59. The van der Waals surface area contributed by atoms with Crippen molar-refractivity contribution in [2.45, 2.75) is 53.2 Å². The van der Waals surface area contributed by atoms with Crippen LogP contribution < -0.4 is 0 Å². The Labute approximate surface area is 160 Å². The van der Waals surface area contributed by atoms with Crippen LogP contribution in [0.4, 0.5) is 0 Å². The van der Waals surface area contributed by atoms with Gasteiger partial charge in [0.25, 0.3) is 0 Å². The van der Waals surface area contributed by atoms with Gasteiger partial charge in [-0.3, -0.25) is 0 Å². The second kappa shape index (κ2) is 12.2. The van der Waals surface area contributed by atoms with Crippen molar-refractivity contribution < 1.29 is 34.4 Å². The lowest BCUT2D eigenvalue weighted by atomic mass is 10.1. The maximum Gasteiger partial charge on any atom is 0.338 e. The third-order valence-corrected chi connectivity index (χ3v) is 3.25. The molecular formula is C20H30O7. The van der Waals surface area contributed by atoms with Gasteiger partial charge >= 0.3 is 11.9 Å². The first-order chi connectivity index (χ1) is 12.5. The van der Waals surface area contributed by atoms with Gasteiger partial charge in [-0.2, -0.15) is 0 Å². The van der Waals surface area contributed by atoms with E-state index in [-0.39, 0.29) is 23.3 Å². The van der Waals surface area contributed by atoms with Crippen molar-refractivity contribution in [2.24, 2.45) is 0 Å². The van der Waals surface area contributed by atoms with Crippen molar-refractivity contribution >= 4 is 11.9 Å². The average molecular weight is 382 g/mol. The molecule has 0 saturated heterocycles. The van der Waals surface area contributed by atoms with E-state index in [1.807, 2.05) is 0 Å². The number of allylic oxidation sites excluding steroid dienone is 2. The maximum atomic E-state index is 12.5. The Balaban J connectivity index is 5.56. The summed E-state index contributed by atoms with van der Waals surface area (Å²) in [6.45, 7) is 10.8. The summed E-state index contributed by atoms with van der Waals surface area (Å²) in [5, 5.41) is 28.0. The lowest BCUT2D eigenvalue weighted by Crippen LogP contribution is -2.28. The van der Waals surface area contributed by atoms with Crippen LogP contribution in [0.2, 0.25) is 0 Å². The van der Waals surface area contributed by atoms with Gasteiger partial charge in [0.2, 0.25) is 0 Å². The highest BCUT2D eigenvalue weighted by Crippen LogP contribution is 2.18. The number of carbonyl (C=O) groups excluding carboxylic acids is 2. The molecule has 27 heavy (non-hydrogen) atoms. The molecular weight excluding hydrogens is 352 g/mol. The lowest BCUT2D eigenvalue weighted by Gasteiger charge is -2.20. The summed E-state index contributed by atoms with van der Waals surface area (Å²) in [5.41, 5.74) is 1.69. The van der Waals surface area contributed by atoms with Gasteiger partial charge in [0, 0.05) is 5.57 Å². The van der Waals surface area contributed by atoms with Crippen LogP contribution in [0.15, 0.2) is 46.8 Å². The number of rotatable bonds is 10. The highest BCUT2D eigenvalue weighted by molar-refractivity contribution is 5.92. The summed E-state index contributed by atoms with van der Waals surface area (Å²) in [4.78, 5) is 24.3. The lowest BCUT2D eigenvalue weighted by molar-refractivity contribution is -0.150. The molecule has 0 spiro atoms. The Morgan fingerprint density at radius 3 is 2.04 bits per heavy atom. The van der Waals surface area contributed by atoms with E-state index in [9.17, 15) is 19.8 Å². The van der Waals surface area contributed by atoms with Crippen LogP contribution in [0, 0.1) is 0 Å². The van der Waals surface area contributed by atoms with E-state index >= 15 is 0 Å². The van der Waals surface area contributed by atoms with Crippen molar-refractivity contribution in [3.63, 3.8) is 0 Å². The van der Waals surface area contributed by atoms with Crippen LogP contribution in [-0.4, -0.2) is 52.7 Å². The molecule has 0 aromatic carbocycles. The Bertz CT molecular complexity index is 633. The van der Waals surface area contributed by atoms with Crippen molar-refractivity contribution in [2.75, 3.05) is 13.2 Å². The highest BCUT2D eigenvalue weighted by Gasteiger charge is 2.25. The molecule has 0 aliphatic rings. The summed E-state index contributed by atoms with van der Waals surface area (Å²) < 4.78 is 10.5. The van der Waals surface area contributed by atoms with Gasteiger partial charge in [0.1, 0.15) is 5.76 Å². The molecule has 0 radical (unpaired) electrons. The molecule has 0 aromatic heterocycles. The van der Waals surface area contributed by atoms with Crippen molar-refractivity contribution in [1.29, 1.82) is 0 Å². The Morgan fingerprint density at radius 2 is 1.63 bits per heavy atom. The van der Waals surface area contributed by atoms with Gasteiger partial charge in [-0.05, 0) is 52.7 Å². The van der Waals surface area contributed by atoms with E-state index < -0.39 is 37.4 Å². The first-order valence-electron chi connectivity index (χ1n) is 8.54. The van der Waals surface area contributed by atoms with Crippen molar-refractivity contribution in [3.8, 4) is 0 Å². The Morgan fingerprint density at radius 1 is 1.04 bits per heavy atom. The second-order valence-electron chi connectivity index (χ2n) is 6.56. The van der Waals surface area contributed by atoms with Crippen molar-refractivity contribution in [3.05, 3.63) is 46.8 Å². The fourth-order valence-corrected chi connectivity index (χ4v) is 1.90. The molecule has 2 atom stereocenters. The first kappa shape index (κ1) is 24.8. The van der Waals surface area contributed by atoms with E-state index in [2.05, 4.69) is 6.58 Å². The van der Waals surface area contributed by atoms with E-state index in [0.29, 0.717) is 5.57 Å². The molecule has 7 nitrogen and oxygen atoms in total. The third kappa shape index (κ3) is 9.33. The monoisotopic (exact) mass is 382 g/mol. The molecule has 7 heteroatoms. The highest BCUT2D eigenvalue weighted by atomic mass is 16.6. The number of carbonyl (C=O) groups is 2. The molecule has 2 unspecified atom stereocenters. The molecule has 0 fully saturated rings. The van der Waals surface area contributed by atoms with Gasteiger partial charge in [-0.25, -0.2) is 9.59 Å². The standard InChI is InChI=1S/C20H30O7/c1-12(2)9-15(7-8-16(23)10-21)20(25)26-17(11-22)18(13(3)4)27-19(24)14(5)6/h7,9,16-17,21-23H,5,8,10-11H2,1-4,6H3. The normalized spacial score (nSPS) is 13.3. The fraction of sp³-hybridized carbons (Fsp3) is 0.500. The Hall–Kier alpha value is -2.22. The van der Waals surface area contributed by atoms with Crippen LogP contribution in [0.25, 0.3) is 0 Å². The SMILES string of the molecule is C=C(C)C(=O)OC(=C(C)C)C(CO)OC(=O)C(C=C(C)C)=CCC(O)CO. The van der Waals surface area contributed by atoms with Crippen LogP contribution in [0.3, 0.4) is 0 Å². The number of ether oxygens (including phenoxy) is 2. The zero-order chi connectivity index (χ0) is 21.1. The Kier molecular flexibility index (Phi) is 11.2. The van der Waals surface area contributed by atoms with Crippen LogP contribution in [0.1, 0.15) is 41.0 Å². The van der Waals surface area contributed by atoms with Gasteiger partial charge in [0.05, 0.1) is 24.9 Å². The molecule has 0 aliphatic carbocycles. The maximum absolute atomic E-state index is 12.5. The summed E-state index contributed by atoms with van der Waals surface area (Å²) in [6.07, 6.45) is 0.865. The van der Waals surface area contributed by atoms with Crippen LogP contribution in [-0.2, 0) is 19.1 Å². The molecule has 152 valence electrons. The second-order valence-corrected chi connectivity index (χ2v) is 6.56. The molecule has 0 heterocycles. The predicted molar refractivity (Wildman–Crippen MR) is 101 cm³/mol. The molecule has 3 N–H and O–H groups in total. The van der Waals surface area contributed by atoms with E-state index in [0.717, 1.165) is 5.57 Å². The number of esters is 2. The molecule has 0 bridgehead atoms. The minimum absolute atomic E-state index is 0.0331. The van der Waals surface area contributed by atoms with Crippen LogP contribution >= 0.6 is 0 Å². The van der Waals surface area contributed by atoms with Crippen molar-refractivity contribution in [1.82, 2.24) is 0 Å². The fourth-order valence-electron chi connectivity index (χ4n) is 1.90. The third-order valence-electron chi connectivity index (χ3n) is 3.25. The molecule has 0 rings (SSSR count). The zero-order valence-corrected chi connectivity index (χ0v) is 16.6. The summed E-state index contributed by atoms with van der Waals surface area (Å²) >= 11 is 0. The van der Waals surface area contributed by atoms with E-state index in [4.69, 9.17) is 14.6 Å².